The molecule has 0 unspecified atom stereocenters. The topological polar surface area (TPSA) is 74.6 Å². The van der Waals surface area contributed by atoms with Crippen LogP contribution in [0.15, 0.2) is 18.2 Å². The third kappa shape index (κ3) is 2.99. The Kier molecular flexibility index (Phi) is 3.91. The van der Waals surface area contributed by atoms with E-state index in [-0.39, 0.29) is 12.4 Å². The largest absolute Gasteiger partial charge is 0.488 e. The molecule has 1 aromatic carbocycles. The fourth-order valence-electron chi connectivity index (χ4n) is 2.18. The second-order valence-electron chi connectivity index (χ2n) is 4.40. The van der Waals surface area contributed by atoms with Crippen LogP contribution in [0.5, 0.6) is 5.75 Å². The van der Waals surface area contributed by atoms with E-state index in [1.54, 1.807) is 31.5 Å². The van der Waals surface area contributed by atoms with Crippen molar-refractivity contribution in [3.8, 4) is 5.75 Å². The van der Waals surface area contributed by atoms with E-state index < -0.39 is 16.5 Å². The van der Waals surface area contributed by atoms with Gasteiger partial charge in [-0.3, -0.25) is 0 Å². The van der Waals surface area contributed by atoms with Crippen molar-refractivity contribution in [2.24, 2.45) is 7.05 Å². The number of aromatic nitrogens is 1. The number of ether oxygens (including phenoxy) is 1. The van der Waals surface area contributed by atoms with Crippen LogP contribution in [-0.2, 0) is 22.3 Å². The summed E-state index contributed by atoms with van der Waals surface area (Å²) in [7, 11) is -3.36. The minimum Gasteiger partial charge on any atom is -0.462 e. The molecule has 2 rings (SSSR count). The fourth-order valence-corrected chi connectivity index (χ4v) is 2.51. The number of carbonyl (C=O) groups is 1. The lowest BCUT2D eigenvalue weighted by Crippen LogP contribution is -2.06. The lowest BCUT2D eigenvalue weighted by Gasteiger charge is -2.03. The van der Waals surface area contributed by atoms with Crippen molar-refractivity contribution in [3.05, 3.63) is 29.5 Å². The summed E-state index contributed by atoms with van der Waals surface area (Å²) in [6, 6.07) is 4.16. The monoisotopic (exact) mass is 315 g/mol. The van der Waals surface area contributed by atoms with Crippen LogP contribution in [0.4, 0.5) is 3.89 Å². The Morgan fingerprint density at radius 1 is 1.38 bits per heavy atom. The van der Waals surface area contributed by atoms with Gasteiger partial charge in [-0.25, -0.2) is 4.79 Å². The molecule has 0 aliphatic heterocycles. The zero-order valence-corrected chi connectivity index (χ0v) is 12.5. The minimum atomic E-state index is -5.12. The van der Waals surface area contributed by atoms with E-state index in [0.717, 1.165) is 0 Å². The van der Waals surface area contributed by atoms with Crippen molar-refractivity contribution in [2.75, 3.05) is 6.61 Å². The molecule has 0 atom stereocenters. The number of esters is 1. The number of carbonyl (C=O) groups excluding carboxylic acids is 1. The van der Waals surface area contributed by atoms with Crippen molar-refractivity contribution < 1.29 is 26.0 Å². The zero-order chi connectivity index (χ0) is 15.8. The van der Waals surface area contributed by atoms with Crippen molar-refractivity contribution in [3.63, 3.8) is 0 Å². The quantitative estimate of drug-likeness (QED) is 0.639. The lowest BCUT2D eigenvalue weighted by molar-refractivity contribution is 0.0527. The van der Waals surface area contributed by atoms with Gasteiger partial charge in [0.25, 0.3) is 0 Å². The molecule has 0 aliphatic rings. The highest BCUT2D eigenvalue weighted by atomic mass is 32.3. The maximum absolute atomic E-state index is 12.6. The van der Waals surface area contributed by atoms with Crippen LogP contribution in [0.1, 0.15) is 23.0 Å². The molecule has 0 saturated heterocycles. The van der Waals surface area contributed by atoms with Crippen LogP contribution in [0.25, 0.3) is 10.9 Å². The van der Waals surface area contributed by atoms with Gasteiger partial charge in [0.05, 0.1) is 12.2 Å². The molecule has 0 bridgehead atoms. The van der Waals surface area contributed by atoms with Gasteiger partial charge in [0.2, 0.25) is 0 Å². The van der Waals surface area contributed by atoms with Gasteiger partial charge in [-0.05, 0) is 32.0 Å². The smallest absolute Gasteiger partial charge is 0.462 e. The van der Waals surface area contributed by atoms with Gasteiger partial charge in [0.1, 0.15) is 5.75 Å². The first-order valence-electron chi connectivity index (χ1n) is 6.14. The standard InChI is InChI=1S/C13H14FNO5S/c1-4-19-13(16)12-8(2)15(3)11-6-5-9(7-10(11)12)20-21(14,17)18/h5-7H,4H2,1-3H3. The normalized spacial score (nSPS) is 11.6. The molecule has 0 saturated carbocycles. The highest BCUT2D eigenvalue weighted by molar-refractivity contribution is 7.81. The highest BCUT2D eigenvalue weighted by Gasteiger charge is 2.21. The summed E-state index contributed by atoms with van der Waals surface area (Å²) < 4.78 is 44.6. The Bertz CT molecular complexity index is 810. The number of rotatable bonds is 4. The van der Waals surface area contributed by atoms with Crippen molar-refractivity contribution >= 4 is 27.4 Å². The van der Waals surface area contributed by atoms with Gasteiger partial charge in [-0.2, -0.15) is 8.42 Å². The van der Waals surface area contributed by atoms with Gasteiger partial charge in [-0.1, -0.05) is 3.89 Å². The number of nitrogens with zero attached hydrogens (tertiary/aromatic N) is 1. The maximum atomic E-state index is 12.6. The predicted molar refractivity (Wildman–Crippen MR) is 74.3 cm³/mol. The Labute approximate surface area is 121 Å². The molecular formula is C13H14FNO5S. The first-order chi connectivity index (χ1) is 9.74. The first kappa shape index (κ1) is 15.3. The summed E-state index contributed by atoms with van der Waals surface area (Å²) in [5, 5.41) is 0.439. The summed E-state index contributed by atoms with van der Waals surface area (Å²) in [4.78, 5) is 12.0. The zero-order valence-electron chi connectivity index (χ0n) is 11.7. The molecule has 6 nitrogen and oxygen atoms in total. The fraction of sp³-hybridized carbons (Fsp3) is 0.308. The van der Waals surface area contributed by atoms with E-state index in [0.29, 0.717) is 22.2 Å². The number of hydrogen-bond donors (Lipinski definition) is 0. The van der Waals surface area contributed by atoms with E-state index in [9.17, 15) is 17.1 Å². The van der Waals surface area contributed by atoms with Crippen molar-refractivity contribution in [1.82, 2.24) is 4.57 Å². The molecule has 0 radical (unpaired) electrons. The molecule has 0 spiro atoms. The summed E-state index contributed by atoms with van der Waals surface area (Å²) in [6.45, 7) is 3.63. The van der Waals surface area contributed by atoms with Gasteiger partial charge < -0.3 is 13.5 Å². The van der Waals surface area contributed by atoms with E-state index in [2.05, 4.69) is 4.18 Å². The second kappa shape index (κ2) is 5.36. The number of aryl methyl sites for hydroxylation is 1. The summed E-state index contributed by atoms with van der Waals surface area (Å²) >= 11 is 0. The second-order valence-corrected chi connectivity index (χ2v) is 5.35. The molecule has 0 N–H and O–H groups in total. The van der Waals surface area contributed by atoms with Gasteiger partial charge in [-0.15, -0.1) is 0 Å². The third-order valence-electron chi connectivity index (χ3n) is 3.14. The van der Waals surface area contributed by atoms with E-state index >= 15 is 0 Å². The average Bonchev–Trinajstić information content (AvgIpc) is 2.60. The van der Waals surface area contributed by atoms with Crippen LogP contribution in [-0.4, -0.2) is 25.6 Å². The lowest BCUT2D eigenvalue weighted by atomic mass is 10.1. The van der Waals surface area contributed by atoms with Crippen molar-refractivity contribution in [2.45, 2.75) is 13.8 Å². The third-order valence-corrected chi connectivity index (χ3v) is 3.53. The van der Waals surface area contributed by atoms with Gasteiger partial charge >= 0.3 is 16.5 Å². The van der Waals surface area contributed by atoms with E-state index in [1.807, 2.05) is 0 Å². The Hall–Kier alpha value is -2.09. The Morgan fingerprint density at radius 3 is 2.62 bits per heavy atom. The number of fused-ring (bicyclic) bond motifs is 1. The first-order valence-corrected chi connectivity index (χ1v) is 7.45. The van der Waals surface area contributed by atoms with Gasteiger partial charge in [0.15, 0.2) is 0 Å². The summed E-state index contributed by atoms with van der Waals surface area (Å²) in [6.07, 6.45) is 0. The van der Waals surface area contributed by atoms with Crippen LogP contribution in [0, 0.1) is 6.92 Å². The van der Waals surface area contributed by atoms with Crippen LogP contribution in [0.2, 0.25) is 0 Å². The molecular weight excluding hydrogens is 301 g/mol. The van der Waals surface area contributed by atoms with Crippen LogP contribution >= 0.6 is 0 Å². The van der Waals surface area contributed by atoms with Crippen LogP contribution < -0.4 is 4.18 Å². The molecule has 1 aromatic heterocycles. The SMILES string of the molecule is CCOC(=O)c1c(C)n(C)c2ccc(OS(=O)(=O)F)cc12. The number of benzene rings is 1. The molecule has 0 fully saturated rings. The maximum Gasteiger partial charge on any atom is 0.488 e. The number of halogens is 1. The Morgan fingerprint density at radius 2 is 2.05 bits per heavy atom. The van der Waals surface area contributed by atoms with Crippen LogP contribution in [0.3, 0.4) is 0 Å². The summed E-state index contributed by atoms with van der Waals surface area (Å²) in [5.74, 6) is -0.734. The molecule has 1 heterocycles. The van der Waals surface area contributed by atoms with E-state index in [4.69, 9.17) is 4.74 Å². The molecule has 0 aliphatic carbocycles. The molecule has 8 heteroatoms. The van der Waals surface area contributed by atoms with Crippen molar-refractivity contribution in [1.29, 1.82) is 0 Å². The highest BCUT2D eigenvalue weighted by Crippen LogP contribution is 2.29. The molecule has 0 amide bonds. The molecule has 2 aromatic rings. The van der Waals surface area contributed by atoms with Gasteiger partial charge in [0, 0.05) is 23.6 Å². The average molecular weight is 315 g/mol. The minimum absolute atomic E-state index is 0.207. The predicted octanol–water partition coefficient (Wildman–Crippen LogP) is 2.26. The van der Waals surface area contributed by atoms with E-state index in [1.165, 1.54) is 12.1 Å². The molecule has 21 heavy (non-hydrogen) atoms. The Balaban J connectivity index is 2.64. The number of hydrogen-bond acceptors (Lipinski definition) is 5. The molecule has 114 valence electrons. The summed E-state index contributed by atoms with van der Waals surface area (Å²) in [5.41, 5.74) is 1.64.